The molecule has 0 saturated heterocycles. The smallest absolute Gasteiger partial charge is 0.249 e. The first-order valence-corrected chi connectivity index (χ1v) is 5.75. The van der Waals surface area contributed by atoms with Crippen molar-refractivity contribution in [3.8, 4) is 12.3 Å². The summed E-state index contributed by atoms with van der Waals surface area (Å²) < 4.78 is 5.66. The van der Waals surface area contributed by atoms with Crippen molar-refractivity contribution in [2.45, 2.75) is 50.9 Å². The lowest BCUT2D eigenvalue weighted by Crippen LogP contribution is -2.40. The Balaban J connectivity index is 2.30. The van der Waals surface area contributed by atoms with E-state index < -0.39 is 6.10 Å². The predicted octanol–water partition coefficient (Wildman–Crippen LogP) is 0.411. The fraction of sp³-hybridized carbons (Fsp3) is 0.750. The highest BCUT2D eigenvalue weighted by Crippen LogP contribution is 2.20. The van der Waals surface area contributed by atoms with E-state index in [4.69, 9.17) is 16.9 Å². The van der Waals surface area contributed by atoms with Gasteiger partial charge in [0.05, 0.1) is 12.6 Å². The van der Waals surface area contributed by atoms with Crippen LogP contribution in [0.3, 0.4) is 0 Å². The molecule has 3 atom stereocenters. The van der Waals surface area contributed by atoms with Crippen LogP contribution in [0.25, 0.3) is 0 Å². The first kappa shape index (κ1) is 13.0. The van der Waals surface area contributed by atoms with Crippen molar-refractivity contribution in [2.75, 3.05) is 6.54 Å². The second-order valence-corrected chi connectivity index (χ2v) is 4.25. The monoisotopic (exact) mass is 224 g/mol. The number of amides is 1. The molecule has 90 valence electrons. The number of hydrogen-bond acceptors (Lipinski definition) is 3. The minimum atomic E-state index is -0.455. The average Bonchev–Trinajstić information content (AvgIpc) is 2.25. The molecule has 1 fully saturated rings. The van der Waals surface area contributed by atoms with Crippen molar-refractivity contribution in [1.29, 1.82) is 0 Å². The molecular weight excluding hydrogens is 204 g/mol. The number of nitrogens with two attached hydrogens (primary N) is 1. The zero-order valence-electron chi connectivity index (χ0n) is 9.74. The molecule has 0 radical (unpaired) electrons. The summed E-state index contributed by atoms with van der Waals surface area (Å²) >= 11 is 0. The second kappa shape index (κ2) is 6.51. The van der Waals surface area contributed by atoms with Gasteiger partial charge in [0, 0.05) is 6.04 Å². The van der Waals surface area contributed by atoms with Crippen LogP contribution in [0.5, 0.6) is 0 Å². The van der Waals surface area contributed by atoms with E-state index in [1.807, 2.05) is 0 Å². The standard InChI is InChI=1S/C12H20N2O2/c1-3-7-14-12(15)9(2)16-11-6-4-5-10(13)8-11/h1,9-11H,4-8,13H2,2H3,(H,14,15). The van der Waals surface area contributed by atoms with Gasteiger partial charge in [-0.3, -0.25) is 4.79 Å². The summed E-state index contributed by atoms with van der Waals surface area (Å²) in [5, 5.41) is 2.60. The van der Waals surface area contributed by atoms with Gasteiger partial charge in [-0.15, -0.1) is 6.42 Å². The molecule has 0 aromatic carbocycles. The van der Waals surface area contributed by atoms with Crippen LogP contribution in [-0.4, -0.2) is 30.7 Å². The molecule has 0 aliphatic heterocycles. The van der Waals surface area contributed by atoms with Crippen LogP contribution in [0.2, 0.25) is 0 Å². The van der Waals surface area contributed by atoms with Gasteiger partial charge >= 0.3 is 0 Å². The summed E-state index contributed by atoms with van der Waals surface area (Å²) in [6, 6.07) is 0.208. The molecule has 1 aliphatic carbocycles. The quantitative estimate of drug-likeness (QED) is 0.680. The molecule has 4 heteroatoms. The third kappa shape index (κ3) is 4.21. The highest BCUT2D eigenvalue weighted by molar-refractivity contribution is 5.80. The topological polar surface area (TPSA) is 64.3 Å². The SMILES string of the molecule is C#CCNC(=O)C(C)OC1CCCC(N)C1. The minimum absolute atomic E-state index is 0.107. The Morgan fingerprint density at radius 3 is 3.06 bits per heavy atom. The zero-order chi connectivity index (χ0) is 12.0. The van der Waals surface area contributed by atoms with E-state index in [2.05, 4.69) is 11.2 Å². The molecule has 3 N–H and O–H groups in total. The van der Waals surface area contributed by atoms with E-state index >= 15 is 0 Å². The van der Waals surface area contributed by atoms with Crippen LogP contribution < -0.4 is 11.1 Å². The largest absolute Gasteiger partial charge is 0.365 e. The number of nitrogens with one attached hydrogen (secondary N) is 1. The van der Waals surface area contributed by atoms with Crippen molar-refractivity contribution in [1.82, 2.24) is 5.32 Å². The van der Waals surface area contributed by atoms with Crippen molar-refractivity contribution < 1.29 is 9.53 Å². The van der Waals surface area contributed by atoms with Gasteiger partial charge in [0.25, 0.3) is 0 Å². The van der Waals surface area contributed by atoms with E-state index in [1.54, 1.807) is 6.92 Å². The number of hydrogen-bond donors (Lipinski definition) is 2. The molecule has 0 heterocycles. The normalized spacial score (nSPS) is 26.8. The molecule has 1 aliphatic rings. The number of carbonyl (C=O) groups is 1. The second-order valence-electron chi connectivity index (χ2n) is 4.25. The summed E-state index contributed by atoms with van der Waals surface area (Å²) in [4.78, 5) is 11.5. The van der Waals surface area contributed by atoms with Crippen molar-refractivity contribution in [3.63, 3.8) is 0 Å². The molecule has 0 bridgehead atoms. The number of carbonyl (C=O) groups excluding carboxylic acids is 1. The lowest BCUT2D eigenvalue weighted by atomic mass is 9.93. The fourth-order valence-corrected chi connectivity index (χ4v) is 1.94. The van der Waals surface area contributed by atoms with Gasteiger partial charge in [0.15, 0.2) is 0 Å². The van der Waals surface area contributed by atoms with Crippen LogP contribution in [0.4, 0.5) is 0 Å². The van der Waals surface area contributed by atoms with Gasteiger partial charge in [-0.1, -0.05) is 5.92 Å². The average molecular weight is 224 g/mol. The highest BCUT2D eigenvalue weighted by atomic mass is 16.5. The van der Waals surface area contributed by atoms with E-state index in [9.17, 15) is 4.79 Å². The maximum atomic E-state index is 11.5. The Morgan fingerprint density at radius 2 is 2.44 bits per heavy atom. The molecule has 1 rings (SSSR count). The van der Waals surface area contributed by atoms with Crippen LogP contribution in [0.15, 0.2) is 0 Å². The first-order chi connectivity index (χ1) is 7.63. The summed E-state index contributed by atoms with van der Waals surface area (Å²) in [5.74, 6) is 2.20. The maximum absolute atomic E-state index is 11.5. The Kier molecular flexibility index (Phi) is 5.30. The predicted molar refractivity (Wildman–Crippen MR) is 62.6 cm³/mol. The minimum Gasteiger partial charge on any atom is -0.365 e. The zero-order valence-corrected chi connectivity index (χ0v) is 9.74. The van der Waals surface area contributed by atoms with E-state index in [0.29, 0.717) is 0 Å². The van der Waals surface area contributed by atoms with Crippen LogP contribution in [0.1, 0.15) is 32.6 Å². The lowest BCUT2D eigenvalue weighted by molar-refractivity contribution is -0.136. The molecule has 0 aromatic rings. The Bertz CT molecular complexity index is 273. The summed E-state index contributed by atoms with van der Waals surface area (Å²) in [5.41, 5.74) is 5.85. The van der Waals surface area contributed by atoms with Gasteiger partial charge in [0.2, 0.25) is 5.91 Å². The van der Waals surface area contributed by atoms with Crippen LogP contribution >= 0.6 is 0 Å². The molecule has 0 aromatic heterocycles. The number of ether oxygens (including phenoxy) is 1. The van der Waals surface area contributed by atoms with E-state index in [-0.39, 0.29) is 24.6 Å². The van der Waals surface area contributed by atoms with Gasteiger partial charge in [0.1, 0.15) is 6.10 Å². The number of rotatable bonds is 4. The fourth-order valence-electron chi connectivity index (χ4n) is 1.94. The Labute approximate surface area is 96.9 Å². The van der Waals surface area contributed by atoms with Gasteiger partial charge in [-0.2, -0.15) is 0 Å². The van der Waals surface area contributed by atoms with Crippen molar-refractivity contribution in [3.05, 3.63) is 0 Å². The molecule has 3 unspecified atom stereocenters. The lowest BCUT2D eigenvalue weighted by Gasteiger charge is -2.28. The van der Waals surface area contributed by atoms with Crippen LogP contribution in [0, 0.1) is 12.3 Å². The molecule has 1 saturated carbocycles. The van der Waals surface area contributed by atoms with Crippen molar-refractivity contribution >= 4 is 5.91 Å². The first-order valence-electron chi connectivity index (χ1n) is 5.75. The van der Waals surface area contributed by atoms with Gasteiger partial charge in [-0.25, -0.2) is 0 Å². The maximum Gasteiger partial charge on any atom is 0.249 e. The summed E-state index contributed by atoms with van der Waals surface area (Å²) in [6.45, 7) is 1.99. The molecule has 16 heavy (non-hydrogen) atoms. The molecule has 0 spiro atoms. The number of terminal acetylenes is 1. The third-order valence-electron chi connectivity index (χ3n) is 2.80. The third-order valence-corrected chi connectivity index (χ3v) is 2.80. The Morgan fingerprint density at radius 1 is 1.69 bits per heavy atom. The molecule has 4 nitrogen and oxygen atoms in total. The van der Waals surface area contributed by atoms with Crippen molar-refractivity contribution in [2.24, 2.45) is 5.73 Å². The van der Waals surface area contributed by atoms with Gasteiger partial charge < -0.3 is 15.8 Å². The van der Waals surface area contributed by atoms with Gasteiger partial charge in [-0.05, 0) is 32.6 Å². The Hall–Kier alpha value is -1.05. The van der Waals surface area contributed by atoms with E-state index in [0.717, 1.165) is 25.7 Å². The highest BCUT2D eigenvalue weighted by Gasteiger charge is 2.23. The van der Waals surface area contributed by atoms with Crippen LogP contribution in [-0.2, 0) is 9.53 Å². The summed E-state index contributed by atoms with van der Waals surface area (Å²) in [6.07, 6.45) is 8.66. The summed E-state index contributed by atoms with van der Waals surface area (Å²) in [7, 11) is 0. The molecule has 1 amide bonds. The van der Waals surface area contributed by atoms with E-state index in [1.165, 1.54) is 0 Å². The molecular formula is C12H20N2O2.